The van der Waals surface area contributed by atoms with Crippen LogP contribution in [0.25, 0.3) is 0 Å². The molecule has 1 saturated heterocycles. The van der Waals surface area contributed by atoms with Crippen LogP contribution in [0.15, 0.2) is 60.2 Å². The van der Waals surface area contributed by atoms with E-state index in [4.69, 9.17) is 9.47 Å². The van der Waals surface area contributed by atoms with Crippen LogP contribution in [0.1, 0.15) is 50.2 Å². The number of carboxylic acids is 1. The van der Waals surface area contributed by atoms with Crippen molar-refractivity contribution in [3.8, 4) is 0 Å². The Morgan fingerprint density at radius 1 is 1.25 bits per heavy atom. The van der Waals surface area contributed by atoms with E-state index in [1.165, 1.54) is 0 Å². The molecule has 0 bridgehead atoms. The van der Waals surface area contributed by atoms with E-state index in [2.05, 4.69) is 16.2 Å². The Balaban J connectivity index is 1.41. The highest BCUT2D eigenvalue weighted by Gasteiger charge is 2.57. The number of nitrogens with zero attached hydrogens (tertiary/aromatic N) is 2. The van der Waals surface area contributed by atoms with E-state index in [0.717, 1.165) is 23.1 Å². The van der Waals surface area contributed by atoms with Crippen molar-refractivity contribution in [2.24, 2.45) is 0 Å². The first-order valence-corrected chi connectivity index (χ1v) is 13.7. The molecule has 1 amide bonds. The van der Waals surface area contributed by atoms with Crippen molar-refractivity contribution < 1.29 is 34.1 Å². The van der Waals surface area contributed by atoms with Crippen LogP contribution in [-0.2, 0) is 36.9 Å². The van der Waals surface area contributed by atoms with Gasteiger partial charge in [-0.15, -0.1) is 10.1 Å². The number of nitrogens with one attached hydrogen (secondary N) is 1. The van der Waals surface area contributed by atoms with E-state index in [0.29, 0.717) is 51.9 Å². The maximum atomic E-state index is 13.8. The number of benzene rings is 1. The molecule has 11 heteroatoms. The zero-order chi connectivity index (χ0) is 28.5. The third-order valence-corrected chi connectivity index (χ3v) is 7.46. The number of allylic oxidation sites excluding steroid dienone is 6. The summed E-state index contributed by atoms with van der Waals surface area (Å²) >= 11 is 0. The minimum Gasteiger partial charge on any atom is -0.480 e. The highest BCUT2D eigenvalue weighted by atomic mass is 16.9. The fraction of sp³-hybridized carbons (Fsp3) is 0.517. The number of hydrogen-bond acceptors (Lipinski definition) is 8. The van der Waals surface area contributed by atoms with E-state index in [1.807, 2.05) is 48.6 Å². The average molecular weight is 556 g/mol. The largest absolute Gasteiger partial charge is 0.480 e. The topological polar surface area (TPSA) is 144 Å². The van der Waals surface area contributed by atoms with Gasteiger partial charge >= 0.3 is 5.97 Å². The molecule has 0 aromatic heterocycles. The van der Waals surface area contributed by atoms with E-state index in [9.17, 15) is 24.8 Å². The number of carboxylic acid groups (broad SMARTS) is 1. The van der Waals surface area contributed by atoms with Crippen molar-refractivity contribution in [3.05, 3.63) is 81.5 Å². The molecule has 0 radical (unpaired) electrons. The molecule has 0 spiro atoms. The van der Waals surface area contributed by atoms with Crippen molar-refractivity contribution >= 4 is 11.9 Å². The molecule has 1 aliphatic carbocycles. The van der Waals surface area contributed by atoms with Gasteiger partial charge in [0.2, 0.25) is 11.7 Å². The van der Waals surface area contributed by atoms with Crippen LogP contribution in [0.3, 0.4) is 0 Å². The van der Waals surface area contributed by atoms with Crippen LogP contribution >= 0.6 is 0 Å². The Labute approximate surface area is 233 Å². The number of carbonyl (C=O) groups excluding carboxylic acids is 1. The van der Waals surface area contributed by atoms with Crippen molar-refractivity contribution in [3.63, 3.8) is 0 Å². The number of epoxide rings is 1. The Bertz CT molecular complexity index is 1160. The summed E-state index contributed by atoms with van der Waals surface area (Å²) in [5.41, 5.74) is 3.21. The Kier molecular flexibility index (Phi) is 10.1. The number of amides is 1. The lowest BCUT2D eigenvalue weighted by Crippen LogP contribution is -2.58. The van der Waals surface area contributed by atoms with Gasteiger partial charge < -0.3 is 24.3 Å². The number of hydrogen-bond donors (Lipinski definition) is 2. The van der Waals surface area contributed by atoms with Gasteiger partial charge in [-0.1, -0.05) is 60.2 Å². The lowest BCUT2D eigenvalue weighted by atomic mass is 9.90. The number of carbonyl (C=O) groups is 2. The molecule has 216 valence electrons. The normalized spacial score (nSPS) is 23.0. The van der Waals surface area contributed by atoms with Crippen LogP contribution in [-0.4, -0.2) is 70.7 Å². The number of aliphatic carboxylic acids is 1. The van der Waals surface area contributed by atoms with Crippen LogP contribution in [0.2, 0.25) is 0 Å². The molecule has 4 atom stereocenters. The van der Waals surface area contributed by atoms with Crippen molar-refractivity contribution in [2.45, 2.75) is 75.9 Å². The SMILES string of the molecule is CC(NC(CCC1=CCC=CC=C1)C(=O)O)C(=O)N1Cc2ccccc2CC1C1(OCCCCO[N+](=O)[O-])CO1. The maximum Gasteiger partial charge on any atom is 0.320 e. The molecule has 1 aromatic carbocycles. The minimum absolute atomic E-state index is 0.00990. The first-order chi connectivity index (χ1) is 19.3. The molecule has 1 aromatic rings. The van der Waals surface area contributed by atoms with Gasteiger partial charge in [-0.25, -0.2) is 0 Å². The predicted molar refractivity (Wildman–Crippen MR) is 146 cm³/mol. The van der Waals surface area contributed by atoms with Gasteiger partial charge in [0.05, 0.1) is 25.3 Å². The van der Waals surface area contributed by atoms with Crippen molar-refractivity contribution in [2.75, 3.05) is 19.8 Å². The zero-order valence-electron chi connectivity index (χ0n) is 22.7. The van der Waals surface area contributed by atoms with Gasteiger partial charge in [0.1, 0.15) is 12.6 Å². The van der Waals surface area contributed by atoms with Crippen LogP contribution < -0.4 is 5.32 Å². The molecular formula is C29H37N3O8. The van der Waals surface area contributed by atoms with E-state index in [1.54, 1.807) is 11.8 Å². The second kappa shape index (κ2) is 13.7. The molecule has 40 heavy (non-hydrogen) atoms. The number of ether oxygens (including phenoxy) is 2. The standard InChI is InChI=1S/C29H37N3O8/c1-21(30-25(28(34)35)15-14-22-10-4-2-3-5-11-22)27(33)31-19-24-13-7-6-12-23(24)18-26(31)29(20-39-29)38-16-8-9-17-40-32(36)37/h2-4,6-7,10-13,21,25-26,30H,5,8-9,14-20H2,1H3,(H,34,35). The minimum atomic E-state index is -0.997. The molecule has 0 saturated carbocycles. The first kappa shape index (κ1) is 29.4. The fourth-order valence-corrected chi connectivity index (χ4v) is 5.20. The highest BCUT2D eigenvalue weighted by Crippen LogP contribution is 2.41. The summed E-state index contributed by atoms with van der Waals surface area (Å²) in [4.78, 5) is 42.3. The molecular weight excluding hydrogens is 518 g/mol. The fourth-order valence-electron chi connectivity index (χ4n) is 5.20. The van der Waals surface area contributed by atoms with Gasteiger partial charge in [0.25, 0.3) is 5.09 Å². The quantitative estimate of drug-likeness (QED) is 0.144. The van der Waals surface area contributed by atoms with Gasteiger partial charge in [0, 0.05) is 6.54 Å². The molecule has 2 heterocycles. The summed E-state index contributed by atoms with van der Waals surface area (Å²) in [6, 6.07) is 5.88. The third kappa shape index (κ3) is 7.77. The summed E-state index contributed by atoms with van der Waals surface area (Å²) in [5.74, 6) is -2.19. The van der Waals surface area contributed by atoms with Crippen LogP contribution in [0.4, 0.5) is 0 Å². The molecule has 3 aliphatic rings. The number of unbranched alkanes of at least 4 members (excludes halogenated alkanes) is 1. The summed E-state index contributed by atoms with van der Waals surface area (Å²) in [6.07, 6.45) is 13.3. The summed E-state index contributed by atoms with van der Waals surface area (Å²) in [6.45, 7) is 2.67. The lowest BCUT2D eigenvalue weighted by molar-refractivity contribution is -0.757. The second-order valence-corrected chi connectivity index (χ2v) is 10.3. The molecule has 2 N–H and O–H groups in total. The van der Waals surface area contributed by atoms with Gasteiger partial charge in [-0.05, 0) is 56.6 Å². The summed E-state index contributed by atoms with van der Waals surface area (Å²) in [7, 11) is 0. The summed E-state index contributed by atoms with van der Waals surface area (Å²) < 4.78 is 11.9. The molecule has 1 fully saturated rings. The maximum absolute atomic E-state index is 13.8. The molecule has 11 nitrogen and oxygen atoms in total. The Morgan fingerprint density at radius 2 is 2.00 bits per heavy atom. The van der Waals surface area contributed by atoms with Gasteiger partial charge in [-0.3, -0.25) is 14.9 Å². The predicted octanol–water partition coefficient (Wildman–Crippen LogP) is 3.33. The van der Waals surface area contributed by atoms with E-state index >= 15 is 0 Å². The first-order valence-electron chi connectivity index (χ1n) is 13.7. The van der Waals surface area contributed by atoms with E-state index in [-0.39, 0.29) is 12.5 Å². The van der Waals surface area contributed by atoms with Crippen molar-refractivity contribution in [1.82, 2.24) is 10.2 Å². The third-order valence-electron chi connectivity index (χ3n) is 7.46. The molecule has 4 rings (SSSR count). The average Bonchev–Trinajstić information content (AvgIpc) is 3.76. The Morgan fingerprint density at radius 3 is 2.73 bits per heavy atom. The summed E-state index contributed by atoms with van der Waals surface area (Å²) in [5, 5.41) is 22.5. The Hall–Kier alpha value is -3.54. The van der Waals surface area contributed by atoms with Crippen LogP contribution in [0.5, 0.6) is 0 Å². The number of rotatable bonds is 15. The monoisotopic (exact) mass is 555 g/mol. The zero-order valence-corrected chi connectivity index (χ0v) is 22.7. The molecule has 4 unspecified atom stereocenters. The second-order valence-electron chi connectivity index (χ2n) is 10.3. The van der Waals surface area contributed by atoms with E-state index < -0.39 is 35.0 Å². The van der Waals surface area contributed by atoms with Gasteiger partial charge in [-0.2, -0.15) is 0 Å². The molecule has 2 aliphatic heterocycles. The number of fused-ring (bicyclic) bond motifs is 1. The van der Waals surface area contributed by atoms with Crippen LogP contribution in [0, 0.1) is 10.1 Å². The van der Waals surface area contributed by atoms with Gasteiger partial charge in [0.15, 0.2) is 0 Å². The lowest BCUT2D eigenvalue weighted by Gasteiger charge is -2.41. The van der Waals surface area contributed by atoms with Crippen molar-refractivity contribution in [1.29, 1.82) is 0 Å². The highest BCUT2D eigenvalue weighted by molar-refractivity contribution is 5.83. The smallest absolute Gasteiger partial charge is 0.320 e.